The lowest BCUT2D eigenvalue weighted by molar-refractivity contribution is -0.111. The van der Waals surface area contributed by atoms with Crippen molar-refractivity contribution in [1.82, 2.24) is 0 Å². The molecule has 0 radical (unpaired) electrons. The number of nitrogens with one attached hydrogen (secondary N) is 1. The molecule has 23 heavy (non-hydrogen) atoms. The lowest BCUT2D eigenvalue weighted by atomic mass is 10.2. The minimum Gasteiger partial charge on any atom is -0.493 e. The Labute approximate surface area is 148 Å². The Morgan fingerprint density at radius 3 is 2.52 bits per heavy atom. The van der Waals surface area contributed by atoms with Crippen LogP contribution in [0.2, 0.25) is 5.02 Å². The smallest absolute Gasteiger partial charge is 0.248 e. The van der Waals surface area contributed by atoms with E-state index in [1.165, 1.54) is 6.08 Å². The lowest BCUT2D eigenvalue weighted by Crippen LogP contribution is -2.07. The third-order valence-corrected chi connectivity index (χ3v) is 4.25. The minimum atomic E-state index is -0.252. The molecule has 2 rings (SSSR count). The summed E-state index contributed by atoms with van der Waals surface area (Å²) in [7, 11) is 3.14. The van der Waals surface area contributed by atoms with Crippen LogP contribution in [0, 0.1) is 0 Å². The predicted molar refractivity (Wildman–Crippen MR) is 96.4 cm³/mol. The number of benzene rings is 2. The number of rotatable bonds is 5. The summed E-state index contributed by atoms with van der Waals surface area (Å²) in [4.78, 5) is 12.0. The summed E-state index contributed by atoms with van der Waals surface area (Å²) in [5, 5.41) is 3.28. The van der Waals surface area contributed by atoms with E-state index in [1.54, 1.807) is 50.6 Å². The molecule has 0 aliphatic heterocycles. The molecule has 0 unspecified atom stereocenters. The Morgan fingerprint density at radius 1 is 1.13 bits per heavy atom. The highest BCUT2D eigenvalue weighted by atomic mass is 79.9. The van der Waals surface area contributed by atoms with Crippen molar-refractivity contribution in [3.63, 3.8) is 0 Å². The van der Waals surface area contributed by atoms with Gasteiger partial charge in [-0.15, -0.1) is 0 Å². The summed E-state index contributed by atoms with van der Waals surface area (Å²) in [5.74, 6) is 0.992. The molecular weight excluding hydrogens is 382 g/mol. The van der Waals surface area contributed by atoms with E-state index in [9.17, 15) is 4.79 Å². The van der Waals surface area contributed by atoms with Crippen LogP contribution in [0.5, 0.6) is 11.5 Å². The van der Waals surface area contributed by atoms with E-state index in [2.05, 4.69) is 21.2 Å². The average Bonchev–Trinajstić information content (AvgIpc) is 2.56. The second-order valence-electron chi connectivity index (χ2n) is 4.57. The third kappa shape index (κ3) is 4.74. The second-order valence-corrected chi connectivity index (χ2v) is 5.83. The number of amides is 1. The van der Waals surface area contributed by atoms with Gasteiger partial charge in [-0.1, -0.05) is 17.7 Å². The number of methoxy groups -OCH3 is 2. The molecule has 1 amide bonds. The number of hydrogen-bond donors (Lipinski definition) is 1. The van der Waals surface area contributed by atoms with E-state index in [1.807, 2.05) is 6.07 Å². The summed E-state index contributed by atoms with van der Waals surface area (Å²) in [6, 6.07) is 10.6. The molecule has 0 saturated carbocycles. The van der Waals surface area contributed by atoms with Crippen molar-refractivity contribution in [2.24, 2.45) is 0 Å². The van der Waals surface area contributed by atoms with Crippen molar-refractivity contribution in [3.8, 4) is 11.5 Å². The van der Waals surface area contributed by atoms with Gasteiger partial charge >= 0.3 is 0 Å². The summed E-state index contributed by atoms with van der Waals surface area (Å²) in [6.07, 6.45) is 3.13. The first-order valence-corrected chi connectivity index (χ1v) is 7.86. The standard InChI is InChI=1S/C17H15BrClNO3/c1-22-15-7-3-11(9-16(15)23-2)4-8-17(21)20-12-5-6-13(18)14(19)10-12/h3-10H,1-2H3,(H,20,21)/b8-4+. The Bertz CT molecular complexity index is 747. The molecule has 2 aromatic carbocycles. The molecule has 0 spiro atoms. The molecule has 0 bridgehead atoms. The maximum Gasteiger partial charge on any atom is 0.248 e. The van der Waals surface area contributed by atoms with Gasteiger partial charge in [-0.3, -0.25) is 4.79 Å². The van der Waals surface area contributed by atoms with E-state index < -0.39 is 0 Å². The number of anilines is 1. The molecule has 4 nitrogen and oxygen atoms in total. The number of hydrogen-bond acceptors (Lipinski definition) is 3. The van der Waals surface area contributed by atoms with Gasteiger partial charge in [0.2, 0.25) is 5.91 Å². The first-order chi connectivity index (χ1) is 11.0. The normalized spacial score (nSPS) is 10.6. The van der Waals surface area contributed by atoms with Gasteiger partial charge in [-0.05, 0) is 57.9 Å². The molecule has 0 aromatic heterocycles. The van der Waals surface area contributed by atoms with Crippen LogP contribution < -0.4 is 14.8 Å². The van der Waals surface area contributed by atoms with Gasteiger partial charge in [0.25, 0.3) is 0 Å². The first-order valence-electron chi connectivity index (χ1n) is 6.69. The molecule has 0 atom stereocenters. The van der Waals surface area contributed by atoms with Crippen LogP contribution in [0.1, 0.15) is 5.56 Å². The maximum atomic E-state index is 12.0. The molecule has 1 N–H and O–H groups in total. The molecule has 0 aliphatic carbocycles. The zero-order valence-electron chi connectivity index (χ0n) is 12.6. The Morgan fingerprint density at radius 2 is 1.87 bits per heavy atom. The van der Waals surface area contributed by atoms with Gasteiger partial charge in [0.05, 0.1) is 19.2 Å². The van der Waals surface area contributed by atoms with Crippen LogP contribution in [-0.2, 0) is 4.79 Å². The predicted octanol–water partition coefficient (Wildman–Crippen LogP) is 4.77. The SMILES string of the molecule is COc1ccc(/C=C/C(=O)Nc2ccc(Br)c(Cl)c2)cc1OC. The van der Waals surface area contributed by atoms with Gasteiger partial charge in [0, 0.05) is 16.2 Å². The molecule has 0 fully saturated rings. The van der Waals surface area contributed by atoms with E-state index in [0.717, 1.165) is 10.0 Å². The molecule has 2 aromatic rings. The summed E-state index contributed by atoms with van der Waals surface area (Å²) < 4.78 is 11.2. The minimum absolute atomic E-state index is 0.252. The quantitative estimate of drug-likeness (QED) is 0.741. The van der Waals surface area contributed by atoms with Crippen molar-refractivity contribution in [1.29, 1.82) is 0 Å². The molecule has 6 heteroatoms. The fourth-order valence-corrected chi connectivity index (χ4v) is 2.31. The van der Waals surface area contributed by atoms with Crippen LogP contribution >= 0.6 is 27.5 Å². The van der Waals surface area contributed by atoms with Crippen molar-refractivity contribution in [3.05, 3.63) is 57.5 Å². The molecule has 120 valence electrons. The number of carbonyl (C=O) groups excluding carboxylic acids is 1. The van der Waals surface area contributed by atoms with Gasteiger partial charge in [-0.2, -0.15) is 0 Å². The van der Waals surface area contributed by atoms with Crippen molar-refractivity contribution in [2.45, 2.75) is 0 Å². The van der Waals surface area contributed by atoms with Crippen LogP contribution in [0.25, 0.3) is 6.08 Å². The Hall–Kier alpha value is -1.98. The zero-order valence-corrected chi connectivity index (χ0v) is 14.9. The summed E-state index contributed by atoms with van der Waals surface area (Å²) >= 11 is 9.29. The topological polar surface area (TPSA) is 47.6 Å². The van der Waals surface area contributed by atoms with Crippen LogP contribution in [-0.4, -0.2) is 20.1 Å². The number of carbonyl (C=O) groups is 1. The highest BCUT2D eigenvalue weighted by Crippen LogP contribution is 2.28. The second kappa shape index (κ2) is 8.04. The largest absolute Gasteiger partial charge is 0.493 e. The molecule has 0 aliphatic rings. The summed E-state index contributed by atoms with van der Waals surface area (Å²) in [5.41, 5.74) is 1.45. The van der Waals surface area contributed by atoms with Gasteiger partial charge in [0.1, 0.15) is 0 Å². The molecular formula is C17H15BrClNO3. The number of halogens is 2. The van der Waals surface area contributed by atoms with E-state index in [-0.39, 0.29) is 5.91 Å². The van der Waals surface area contributed by atoms with Crippen molar-refractivity contribution in [2.75, 3.05) is 19.5 Å². The Balaban J connectivity index is 2.07. The number of ether oxygens (including phenoxy) is 2. The molecule has 0 heterocycles. The summed E-state index contributed by atoms with van der Waals surface area (Å²) in [6.45, 7) is 0. The van der Waals surface area contributed by atoms with Crippen molar-refractivity contribution < 1.29 is 14.3 Å². The van der Waals surface area contributed by atoms with E-state index in [0.29, 0.717) is 22.2 Å². The zero-order chi connectivity index (χ0) is 16.8. The first kappa shape index (κ1) is 17.4. The van der Waals surface area contributed by atoms with E-state index in [4.69, 9.17) is 21.1 Å². The van der Waals surface area contributed by atoms with Gasteiger partial charge in [0.15, 0.2) is 11.5 Å². The van der Waals surface area contributed by atoms with Crippen LogP contribution in [0.3, 0.4) is 0 Å². The third-order valence-electron chi connectivity index (χ3n) is 3.02. The lowest BCUT2D eigenvalue weighted by Gasteiger charge is -2.07. The molecule has 0 saturated heterocycles. The fraction of sp³-hybridized carbons (Fsp3) is 0.118. The van der Waals surface area contributed by atoms with Gasteiger partial charge in [-0.25, -0.2) is 0 Å². The van der Waals surface area contributed by atoms with Crippen LogP contribution in [0.15, 0.2) is 46.9 Å². The monoisotopic (exact) mass is 395 g/mol. The fourth-order valence-electron chi connectivity index (χ4n) is 1.89. The van der Waals surface area contributed by atoms with Crippen molar-refractivity contribution >= 4 is 45.2 Å². The highest BCUT2D eigenvalue weighted by molar-refractivity contribution is 9.10. The van der Waals surface area contributed by atoms with E-state index >= 15 is 0 Å². The maximum absolute atomic E-state index is 12.0. The average molecular weight is 397 g/mol. The highest BCUT2D eigenvalue weighted by Gasteiger charge is 2.04. The van der Waals surface area contributed by atoms with Gasteiger partial charge < -0.3 is 14.8 Å². The van der Waals surface area contributed by atoms with Crippen LogP contribution in [0.4, 0.5) is 5.69 Å². The Kier molecular flexibility index (Phi) is 6.07.